The largest absolute Gasteiger partial charge is 0.380 e. The summed E-state index contributed by atoms with van der Waals surface area (Å²) in [5, 5.41) is 9.27. The second kappa shape index (κ2) is 7.93. The van der Waals surface area contributed by atoms with E-state index in [1.807, 2.05) is 16.8 Å². The summed E-state index contributed by atoms with van der Waals surface area (Å²) in [4.78, 5) is 9.14. The molecule has 0 saturated heterocycles. The number of benzene rings is 2. The molecule has 0 amide bonds. The lowest BCUT2D eigenvalue weighted by atomic mass is 9.80. The molecule has 1 unspecified atom stereocenters. The number of thioether (sulfide) groups is 1. The summed E-state index contributed by atoms with van der Waals surface area (Å²) in [7, 11) is 0. The second-order valence-corrected chi connectivity index (χ2v) is 10.5. The minimum atomic E-state index is 0.111. The van der Waals surface area contributed by atoms with Gasteiger partial charge in [0, 0.05) is 28.7 Å². The topological polar surface area (TPSA) is 55.1 Å². The molecule has 6 heteroatoms. The summed E-state index contributed by atoms with van der Waals surface area (Å²) in [6.45, 7) is 11.1. The van der Waals surface area contributed by atoms with Crippen LogP contribution >= 0.6 is 11.8 Å². The smallest absolute Gasteiger partial charge is 0.253 e. The molecule has 1 aliphatic heterocycles. The van der Waals surface area contributed by atoms with E-state index in [4.69, 9.17) is 5.10 Å². The van der Waals surface area contributed by atoms with Gasteiger partial charge in [-0.15, -0.1) is 5.10 Å². The summed E-state index contributed by atoms with van der Waals surface area (Å²) < 4.78 is 1.89. The van der Waals surface area contributed by atoms with Crippen LogP contribution in [0.1, 0.15) is 55.4 Å². The zero-order valence-corrected chi connectivity index (χ0v) is 20.1. The minimum absolute atomic E-state index is 0.111. The number of rotatable bonds is 4. The fourth-order valence-corrected chi connectivity index (χ4v) is 5.45. The van der Waals surface area contributed by atoms with Crippen molar-refractivity contribution in [3.8, 4) is 11.3 Å². The van der Waals surface area contributed by atoms with Gasteiger partial charge in [-0.2, -0.15) is 9.50 Å². The van der Waals surface area contributed by atoms with Crippen LogP contribution in [0.15, 0.2) is 53.8 Å². The van der Waals surface area contributed by atoms with Crippen molar-refractivity contribution in [2.45, 2.75) is 63.4 Å². The molecule has 2 aromatic carbocycles. The van der Waals surface area contributed by atoms with Gasteiger partial charge in [-0.25, -0.2) is 4.98 Å². The Labute approximate surface area is 193 Å². The highest BCUT2D eigenvalue weighted by Crippen LogP contribution is 2.41. The number of aryl methyl sites for hydroxylation is 2. The SMILES string of the molecule is Cc1ccc(CSc2nc3nccc(-c4cc5c(cc4C)NC(C)(C)CC5C)n3n2)cc1. The highest BCUT2D eigenvalue weighted by Gasteiger charge is 2.30. The van der Waals surface area contributed by atoms with Crippen LogP contribution in [0.25, 0.3) is 17.0 Å². The molecule has 0 fully saturated rings. The standard InChI is InChI=1S/C26H29N5S/c1-16-6-8-19(9-7-16)15-32-25-28-24-27-11-10-23(31(24)30-25)21-13-20-18(3)14-26(4,5)29-22(20)12-17(21)2/h6-13,18,29H,14-15H2,1-5H3. The predicted octanol–water partition coefficient (Wildman–Crippen LogP) is 6.40. The Hall–Kier alpha value is -2.86. The van der Waals surface area contributed by atoms with Crippen LogP contribution in [0.3, 0.4) is 0 Å². The molecule has 164 valence electrons. The summed E-state index contributed by atoms with van der Waals surface area (Å²) in [5.41, 5.74) is 8.69. The van der Waals surface area contributed by atoms with Crippen LogP contribution in [-0.2, 0) is 5.75 Å². The monoisotopic (exact) mass is 443 g/mol. The average molecular weight is 444 g/mol. The molecule has 5 rings (SSSR count). The molecule has 1 N–H and O–H groups in total. The molecule has 5 nitrogen and oxygen atoms in total. The lowest BCUT2D eigenvalue weighted by Crippen LogP contribution is -2.36. The number of hydrogen-bond donors (Lipinski definition) is 1. The quantitative estimate of drug-likeness (QED) is 0.370. The highest BCUT2D eigenvalue weighted by atomic mass is 32.2. The van der Waals surface area contributed by atoms with Crippen LogP contribution in [0.2, 0.25) is 0 Å². The number of hydrogen-bond acceptors (Lipinski definition) is 5. The van der Waals surface area contributed by atoms with Gasteiger partial charge in [0.15, 0.2) is 0 Å². The first kappa shape index (κ1) is 21.0. The van der Waals surface area contributed by atoms with E-state index in [-0.39, 0.29) is 5.54 Å². The van der Waals surface area contributed by atoms with E-state index in [1.165, 1.54) is 33.5 Å². The molecule has 0 radical (unpaired) electrons. The first-order valence-corrected chi connectivity index (χ1v) is 12.1. The second-order valence-electron chi connectivity index (χ2n) is 9.58. The number of nitrogens with one attached hydrogen (secondary N) is 1. The van der Waals surface area contributed by atoms with Gasteiger partial charge in [-0.05, 0) is 74.9 Å². The fraction of sp³-hybridized carbons (Fsp3) is 0.346. The molecule has 32 heavy (non-hydrogen) atoms. The molecule has 0 spiro atoms. The average Bonchev–Trinajstić information content (AvgIpc) is 3.15. The first-order chi connectivity index (χ1) is 15.3. The molecular formula is C26H29N5S. The van der Waals surface area contributed by atoms with Crippen molar-refractivity contribution in [1.82, 2.24) is 19.6 Å². The molecule has 3 heterocycles. The van der Waals surface area contributed by atoms with Crippen LogP contribution < -0.4 is 5.32 Å². The van der Waals surface area contributed by atoms with Gasteiger partial charge >= 0.3 is 0 Å². The summed E-state index contributed by atoms with van der Waals surface area (Å²) >= 11 is 1.64. The number of anilines is 1. The maximum absolute atomic E-state index is 4.81. The first-order valence-electron chi connectivity index (χ1n) is 11.1. The van der Waals surface area contributed by atoms with Crippen LogP contribution in [0.4, 0.5) is 5.69 Å². The Morgan fingerprint density at radius 3 is 2.69 bits per heavy atom. The van der Waals surface area contributed by atoms with Gasteiger partial charge < -0.3 is 5.32 Å². The van der Waals surface area contributed by atoms with Crippen molar-refractivity contribution in [2.75, 3.05) is 5.32 Å². The van der Waals surface area contributed by atoms with Gasteiger partial charge in [-0.1, -0.05) is 48.5 Å². The van der Waals surface area contributed by atoms with Gasteiger partial charge in [-0.3, -0.25) is 0 Å². The number of aromatic nitrogens is 4. The van der Waals surface area contributed by atoms with Crippen molar-refractivity contribution in [3.05, 3.63) is 70.9 Å². The molecule has 1 aliphatic rings. The minimum Gasteiger partial charge on any atom is -0.380 e. The van der Waals surface area contributed by atoms with Gasteiger partial charge in [0.25, 0.3) is 5.78 Å². The zero-order valence-electron chi connectivity index (χ0n) is 19.3. The van der Waals surface area contributed by atoms with E-state index >= 15 is 0 Å². The highest BCUT2D eigenvalue weighted by molar-refractivity contribution is 7.98. The molecule has 0 saturated carbocycles. The van der Waals surface area contributed by atoms with Crippen LogP contribution in [0.5, 0.6) is 0 Å². The van der Waals surface area contributed by atoms with E-state index < -0.39 is 0 Å². The third-order valence-corrected chi connectivity index (χ3v) is 7.11. The van der Waals surface area contributed by atoms with E-state index in [0.29, 0.717) is 11.7 Å². The lowest BCUT2D eigenvalue weighted by molar-refractivity contribution is 0.454. The van der Waals surface area contributed by atoms with Gasteiger partial charge in [0.2, 0.25) is 5.16 Å². The maximum atomic E-state index is 4.81. The van der Waals surface area contributed by atoms with E-state index in [0.717, 1.165) is 23.0 Å². The molecule has 4 aromatic rings. The Morgan fingerprint density at radius 2 is 1.91 bits per heavy atom. The van der Waals surface area contributed by atoms with Crippen molar-refractivity contribution < 1.29 is 0 Å². The van der Waals surface area contributed by atoms with Crippen molar-refractivity contribution in [3.63, 3.8) is 0 Å². The third kappa shape index (κ3) is 3.99. The number of nitrogens with zero attached hydrogens (tertiary/aromatic N) is 4. The van der Waals surface area contributed by atoms with Gasteiger partial charge in [0.1, 0.15) is 0 Å². The Morgan fingerprint density at radius 1 is 1.12 bits per heavy atom. The maximum Gasteiger partial charge on any atom is 0.253 e. The normalized spacial score (nSPS) is 17.2. The molecule has 0 aliphatic carbocycles. The third-order valence-electron chi connectivity index (χ3n) is 6.20. The Balaban J connectivity index is 1.50. The van der Waals surface area contributed by atoms with Crippen LogP contribution in [0, 0.1) is 13.8 Å². The van der Waals surface area contributed by atoms with Crippen molar-refractivity contribution >= 4 is 23.2 Å². The van der Waals surface area contributed by atoms with E-state index in [9.17, 15) is 0 Å². The van der Waals surface area contributed by atoms with Crippen molar-refractivity contribution in [2.24, 2.45) is 0 Å². The summed E-state index contributed by atoms with van der Waals surface area (Å²) in [6.07, 6.45) is 2.94. The Kier molecular flexibility index (Phi) is 5.20. The van der Waals surface area contributed by atoms with Crippen molar-refractivity contribution in [1.29, 1.82) is 0 Å². The predicted molar refractivity (Wildman–Crippen MR) is 132 cm³/mol. The molecule has 2 aromatic heterocycles. The molecular weight excluding hydrogens is 414 g/mol. The lowest BCUT2D eigenvalue weighted by Gasteiger charge is -2.38. The van der Waals surface area contributed by atoms with E-state index in [2.05, 4.69) is 86.3 Å². The fourth-order valence-electron chi connectivity index (χ4n) is 4.68. The van der Waals surface area contributed by atoms with Crippen LogP contribution in [-0.4, -0.2) is 25.1 Å². The summed E-state index contributed by atoms with van der Waals surface area (Å²) in [6, 6.07) is 15.2. The number of fused-ring (bicyclic) bond motifs is 2. The molecule has 1 atom stereocenters. The van der Waals surface area contributed by atoms with E-state index in [1.54, 1.807) is 11.8 Å². The molecule has 0 bridgehead atoms. The summed E-state index contributed by atoms with van der Waals surface area (Å²) in [5.74, 6) is 1.97. The van der Waals surface area contributed by atoms with Gasteiger partial charge in [0.05, 0.1) is 5.69 Å². The Bertz CT molecular complexity index is 1290. The zero-order chi connectivity index (χ0) is 22.5.